The molecule has 0 atom stereocenters. The van der Waals surface area contributed by atoms with Crippen LogP contribution in [-0.2, 0) is 4.79 Å². The minimum atomic E-state index is -0.526. The lowest BCUT2D eigenvalue weighted by molar-refractivity contribution is -0.132. The normalized spacial score (nSPS) is 17.9. The van der Waals surface area contributed by atoms with Crippen LogP contribution in [0.25, 0.3) is 16.5 Å². The maximum Gasteiger partial charge on any atom is 0.289 e. The minimum absolute atomic E-state index is 0.00806. The number of H-pyrrole nitrogens is 1. The van der Waals surface area contributed by atoms with Crippen LogP contribution < -0.4 is 5.32 Å². The SMILES string of the molecule is Cc1cc2cc(C(=O)N3CCN(C(=O)C4=NCCC(c5ccccc5)=CN4)C(C)(C)C3)ccc2[nH]1. The molecular weight excluding hydrogens is 438 g/mol. The summed E-state index contributed by atoms with van der Waals surface area (Å²) in [6.07, 6.45) is 2.66. The Kier molecular flexibility index (Phi) is 5.93. The van der Waals surface area contributed by atoms with Crippen molar-refractivity contribution in [2.75, 3.05) is 26.2 Å². The van der Waals surface area contributed by atoms with Gasteiger partial charge in [-0.1, -0.05) is 30.3 Å². The van der Waals surface area contributed by atoms with Crippen molar-refractivity contribution < 1.29 is 9.59 Å². The number of aliphatic imine (C=N–C) groups is 1. The van der Waals surface area contributed by atoms with Crippen LogP contribution in [0.1, 0.15) is 41.9 Å². The first-order valence-corrected chi connectivity index (χ1v) is 12.1. The number of carbonyl (C=O) groups is 2. The molecule has 2 aromatic carbocycles. The number of aromatic nitrogens is 1. The van der Waals surface area contributed by atoms with Gasteiger partial charge in [-0.15, -0.1) is 0 Å². The molecule has 0 spiro atoms. The van der Waals surface area contributed by atoms with Crippen molar-refractivity contribution in [2.24, 2.45) is 4.99 Å². The third-order valence-electron chi connectivity index (χ3n) is 6.82. The predicted octanol–water partition coefficient (Wildman–Crippen LogP) is 3.97. The Balaban J connectivity index is 1.28. The predicted molar refractivity (Wildman–Crippen MR) is 139 cm³/mol. The number of hydrogen-bond donors (Lipinski definition) is 2. The van der Waals surface area contributed by atoms with E-state index in [1.807, 2.05) is 79.2 Å². The number of benzene rings is 2. The summed E-state index contributed by atoms with van der Waals surface area (Å²) in [5, 5.41) is 4.19. The summed E-state index contributed by atoms with van der Waals surface area (Å²) in [7, 11) is 0. The van der Waals surface area contributed by atoms with Crippen molar-refractivity contribution in [3.63, 3.8) is 0 Å². The van der Waals surface area contributed by atoms with Crippen LogP contribution in [-0.4, -0.2) is 64.2 Å². The molecule has 0 radical (unpaired) electrons. The number of amidine groups is 1. The standard InChI is InChI=1S/C28H31N5O2/c1-19-15-23-16-21(9-10-24(23)31-19)26(34)32-13-14-33(28(2,3)18-32)27(35)25-29-12-11-22(17-30-25)20-7-5-4-6-8-20/h4-10,15-17,31H,11-14,18H2,1-3H3,(H,29,30). The molecule has 2 amide bonds. The van der Waals surface area contributed by atoms with Crippen LogP contribution in [0.2, 0.25) is 0 Å². The van der Waals surface area contributed by atoms with Gasteiger partial charge in [0.25, 0.3) is 11.8 Å². The van der Waals surface area contributed by atoms with Gasteiger partial charge in [-0.3, -0.25) is 14.6 Å². The Hall–Kier alpha value is -3.87. The number of aryl methyl sites for hydroxylation is 1. The Morgan fingerprint density at radius 1 is 1.00 bits per heavy atom. The van der Waals surface area contributed by atoms with E-state index in [-0.39, 0.29) is 11.8 Å². The van der Waals surface area contributed by atoms with Gasteiger partial charge in [0.15, 0.2) is 5.84 Å². The highest BCUT2D eigenvalue weighted by Gasteiger charge is 2.40. The van der Waals surface area contributed by atoms with Crippen molar-refractivity contribution in [1.82, 2.24) is 20.1 Å². The van der Waals surface area contributed by atoms with E-state index in [4.69, 9.17) is 0 Å². The van der Waals surface area contributed by atoms with E-state index in [2.05, 4.69) is 27.4 Å². The lowest BCUT2D eigenvalue weighted by atomic mass is 9.97. The average Bonchev–Trinajstić information content (AvgIpc) is 3.05. The Morgan fingerprint density at radius 2 is 1.80 bits per heavy atom. The fourth-order valence-electron chi connectivity index (χ4n) is 5.00. The van der Waals surface area contributed by atoms with Crippen molar-refractivity contribution >= 4 is 34.1 Å². The molecule has 0 bridgehead atoms. The maximum atomic E-state index is 13.5. The number of fused-ring (bicyclic) bond motifs is 1. The van der Waals surface area contributed by atoms with E-state index >= 15 is 0 Å². The third-order valence-corrected chi connectivity index (χ3v) is 6.82. The number of carbonyl (C=O) groups excluding carboxylic acids is 2. The molecule has 180 valence electrons. The summed E-state index contributed by atoms with van der Waals surface area (Å²) in [6, 6.07) is 17.9. The summed E-state index contributed by atoms with van der Waals surface area (Å²) in [6.45, 7) is 7.97. The molecule has 7 nitrogen and oxygen atoms in total. The van der Waals surface area contributed by atoms with E-state index in [0.29, 0.717) is 37.6 Å². The third kappa shape index (κ3) is 4.58. The number of piperazine rings is 1. The second kappa shape index (κ2) is 9.06. The number of amides is 2. The van der Waals surface area contributed by atoms with Crippen LogP contribution in [0.15, 0.2) is 65.8 Å². The van der Waals surface area contributed by atoms with Gasteiger partial charge in [-0.2, -0.15) is 0 Å². The van der Waals surface area contributed by atoms with E-state index in [1.54, 1.807) is 0 Å². The summed E-state index contributed by atoms with van der Waals surface area (Å²) >= 11 is 0. The van der Waals surface area contributed by atoms with Crippen LogP contribution in [0.5, 0.6) is 0 Å². The van der Waals surface area contributed by atoms with Crippen molar-refractivity contribution in [1.29, 1.82) is 0 Å². The molecule has 2 N–H and O–H groups in total. The van der Waals surface area contributed by atoms with Crippen LogP contribution in [0.3, 0.4) is 0 Å². The van der Waals surface area contributed by atoms with E-state index in [9.17, 15) is 9.59 Å². The van der Waals surface area contributed by atoms with Gasteiger partial charge < -0.3 is 20.1 Å². The van der Waals surface area contributed by atoms with Crippen LogP contribution in [0.4, 0.5) is 0 Å². The second-order valence-corrected chi connectivity index (χ2v) is 9.91. The molecule has 1 saturated heterocycles. The number of aromatic amines is 1. The van der Waals surface area contributed by atoms with Gasteiger partial charge in [0, 0.05) is 54.5 Å². The molecule has 0 aliphatic carbocycles. The number of hydrogen-bond acceptors (Lipinski definition) is 4. The van der Waals surface area contributed by atoms with Crippen LogP contribution in [0, 0.1) is 6.92 Å². The topological polar surface area (TPSA) is 80.8 Å². The fraction of sp³-hybridized carbons (Fsp3) is 0.321. The van der Waals surface area contributed by atoms with Gasteiger partial charge in [-0.25, -0.2) is 0 Å². The summed E-state index contributed by atoms with van der Waals surface area (Å²) in [5.41, 5.74) is 4.49. The minimum Gasteiger partial charge on any atom is -0.359 e. The summed E-state index contributed by atoms with van der Waals surface area (Å²) < 4.78 is 0. The maximum absolute atomic E-state index is 13.5. The van der Waals surface area contributed by atoms with Gasteiger partial charge in [0.1, 0.15) is 0 Å². The molecule has 2 aliphatic heterocycles. The fourth-order valence-corrected chi connectivity index (χ4v) is 5.00. The quantitative estimate of drug-likeness (QED) is 0.609. The van der Waals surface area contributed by atoms with Gasteiger partial charge >= 0.3 is 0 Å². The van der Waals surface area contributed by atoms with Gasteiger partial charge in [0.2, 0.25) is 0 Å². The van der Waals surface area contributed by atoms with Gasteiger partial charge in [0.05, 0.1) is 5.54 Å². The zero-order valence-corrected chi connectivity index (χ0v) is 20.5. The average molecular weight is 470 g/mol. The molecule has 2 aliphatic rings. The molecule has 3 heterocycles. The monoisotopic (exact) mass is 469 g/mol. The summed E-state index contributed by atoms with van der Waals surface area (Å²) in [4.78, 5) is 38.3. The molecule has 1 aromatic heterocycles. The highest BCUT2D eigenvalue weighted by molar-refractivity contribution is 6.38. The van der Waals surface area contributed by atoms with Crippen molar-refractivity contribution in [2.45, 2.75) is 32.7 Å². The zero-order valence-electron chi connectivity index (χ0n) is 20.5. The summed E-state index contributed by atoms with van der Waals surface area (Å²) in [5.74, 6) is 0.222. The van der Waals surface area contributed by atoms with Gasteiger partial charge in [-0.05, 0) is 62.6 Å². The molecule has 1 fully saturated rings. The lowest BCUT2D eigenvalue weighted by Crippen LogP contribution is -2.63. The Labute approximate surface area is 205 Å². The first-order valence-electron chi connectivity index (χ1n) is 12.1. The Morgan fingerprint density at radius 3 is 2.57 bits per heavy atom. The Bertz CT molecular complexity index is 1340. The first kappa shape index (κ1) is 22.9. The lowest BCUT2D eigenvalue weighted by Gasteiger charge is -2.47. The highest BCUT2D eigenvalue weighted by atomic mass is 16.2. The van der Waals surface area contributed by atoms with E-state index < -0.39 is 5.54 Å². The van der Waals surface area contributed by atoms with E-state index in [0.717, 1.165) is 34.2 Å². The molecule has 35 heavy (non-hydrogen) atoms. The smallest absolute Gasteiger partial charge is 0.289 e. The van der Waals surface area contributed by atoms with Crippen molar-refractivity contribution in [3.8, 4) is 0 Å². The largest absolute Gasteiger partial charge is 0.359 e. The number of nitrogens with one attached hydrogen (secondary N) is 2. The first-order chi connectivity index (χ1) is 16.8. The highest BCUT2D eigenvalue weighted by Crippen LogP contribution is 2.25. The van der Waals surface area contributed by atoms with Crippen LogP contribution >= 0.6 is 0 Å². The second-order valence-electron chi connectivity index (χ2n) is 9.91. The molecule has 0 unspecified atom stereocenters. The molecular formula is C28H31N5O2. The molecule has 7 heteroatoms. The molecule has 3 aromatic rings. The van der Waals surface area contributed by atoms with E-state index in [1.165, 1.54) is 0 Å². The number of nitrogens with zero attached hydrogens (tertiary/aromatic N) is 3. The zero-order chi connectivity index (χ0) is 24.6. The number of rotatable bonds is 3. The molecule has 0 saturated carbocycles. The van der Waals surface area contributed by atoms with Crippen molar-refractivity contribution in [3.05, 3.63) is 77.6 Å². The molecule has 5 rings (SSSR count).